The molecule has 3 nitrogen and oxygen atoms in total. The van der Waals surface area contributed by atoms with E-state index in [2.05, 4.69) is 69.5 Å². The molecule has 1 heterocycles. The predicted octanol–water partition coefficient (Wildman–Crippen LogP) is 4.81. The number of hydrogen-bond acceptors (Lipinski definition) is 3. The molecule has 112 valence electrons. The first-order chi connectivity index (χ1) is 10.0. The molecule has 0 saturated carbocycles. The zero-order valence-electron chi connectivity index (χ0n) is 13.2. The lowest BCUT2D eigenvalue weighted by atomic mass is 10.1. The van der Waals surface area contributed by atoms with E-state index in [0.717, 1.165) is 30.3 Å². The van der Waals surface area contributed by atoms with Crippen LogP contribution < -0.4 is 4.90 Å². The van der Waals surface area contributed by atoms with Crippen molar-refractivity contribution in [1.29, 1.82) is 0 Å². The standard InChI is InChI=1S/C17H22IN3/c1-5-7-14-8-9-16(15(18)11-14)21(6-2)17-19-12(3)10-13(4)20-17/h8-11H,5-7H2,1-4H3. The SMILES string of the molecule is CCCc1ccc(N(CC)c2nc(C)cc(C)n2)c(I)c1. The van der Waals surface area contributed by atoms with Crippen LogP contribution in [-0.4, -0.2) is 16.5 Å². The number of halogens is 1. The number of anilines is 2. The average molecular weight is 395 g/mol. The minimum absolute atomic E-state index is 0.788. The summed E-state index contributed by atoms with van der Waals surface area (Å²) >= 11 is 2.41. The topological polar surface area (TPSA) is 29.0 Å². The van der Waals surface area contributed by atoms with Crippen LogP contribution in [0.1, 0.15) is 37.2 Å². The Kier molecular flexibility index (Phi) is 5.56. The largest absolute Gasteiger partial charge is 0.310 e. The third-order valence-electron chi connectivity index (χ3n) is 3.37. The van der Waals surface area contributed by atoms with Gasteiger partial charge < -0.3 is 4.90 Å². The maximum atomic E-state index is 4.59. The second kappa shape index (κ2) is 7.20. The van der Waals surface area contributed by atoms with Gasteiger partial charge in [-0.1, -0.05) is 19.4 Å². The molecule has 21 heavy (non-hydrogen) atoms. The minimum atomic E-state index is 0.788. The highest BCUT2D eigenvalue weighted by atomic mass is 127. The van der Waals surface area contributed by atoms with E-state index in [-0.39, 0.29) is 0 Å². The number of aromatic nitrogens is 2. The van der Waals surface area contributed by atoms with Crippen molar-refractivity contribution in [3.8, 4) is 0 Å². The Morgan fingerprint density at radius 2 is 1.71 bits per heavy atom. The van der Waals surface area contributed by atoms with Gasteiger partial charge >= 0.3 is 0 Å². The van der Waals surface area contributed by atoms with Crippen molar-refractivity contribution >= 4 is 34.2 Å². The smallest absolute Gasteiger partial charge is 0.230 e. The summed E-state index contributed by atoms with van der Waals surface area (Å²) in [5.41, 5.74) is 4.59. The molecule has 0 aliphatic heterocycles. The van der Waals surface area contributed by atoms with Crippen LogP contribution in [0.5, 0.6) is 0 Å². The molecule has 0 amide bonds. The van der Waals surface area contributed by atoms with Gasteiger partial charge in [-0.15, -0.1) is 0 Å². The van der Waals surface area contributed by atoms with Gasteiger partial charge in [-0.2, -0.15) is 0 Å². The van der Waals surface area contributed by atoms with Crippen LogP contribution in [0.15, 0.2) is 24.3 Å². The van der Waals surface area contributed by atoms with Gasteiger partial charge in [0.05, 0.1) is 5.69 Å². The van der Waals surface area contributed by atoms with Crippen molar-refractivity contribution < 1.29 is 0 Å². The third-order valence-corrected chi connectivity index (χ3v) is 4.23. The van der Waals surface area contributed by atoms with Crippen LogP contribution >= 0.6 is 22.6 Å². The maximum absolute atomic E-state index is 4.59. The molecule has 2 rings (SSSR count). The monoisotopic (exact) mass is 395 g/mol. The molecule has 2 aromatic rings. The maximum Gasteiger partial charge on any atom is 0.230 e. The molecule has 0 aliphatic rings. The fourth-order valence-electron chi connectivity index (χ4n) is 2.46. The first-order valence-electron chi connectivity index (χ1n) is 7.43. The van der Waals surface area contributed by atoms with Crippen LogP contribution in [0.25, 0.3) is 0 Å². The molecular weight excluding hydrogens is 373 g/mol. The lowest BCUT2D eigenvalue weighted by Gasteiger charge is -2.23. The first kappa shape index (κ1) is 16.2. The van der Waals surface area contributed by atoms with Gasteiger partial charge in [-0.3, -0.25) is 0 Å². The van der Waals surface area contributed by atoms with Crippen molar-refractivity contribution in [2.75, 3.05) is 11.4 Å². The van der Waals surface area contributed by atoms with Crippen molar-refractivity contribution in [3.05, 3.63) is 44.8 Å². The quantitative estimate of drug-likeness (QED) is 0.681. The normalized spacial score (nSPS) is 10.7. The summed E-state index contributed by atoms with van der Waals surface area (Å²) in [4.78, 5) is 11.4. The molecular formula is C17H22IN3. The third kappa shape index (κ3) is 3.93. The fourth-order valence-corrected chi connectivity index (χ4v) is 3.33. The second-order valence-corrected chi connectivity index (χ2v) is 6.39. The zero-order chi connectivity index (χ0) is 15.4. The highest BCUT2D eigenvalue weighted by molar-refractivity contribution is 14.1. The lowest BCUT2D eigenvalue weighted by Crippen LogP contribution is -2.20. The number of aryl methyl sites for hydroxylation is 3. The molecule has 0 fully saturated rings. The van der Waals surface area contributed by atoms with E-state index >= 15 is 0 Å². The summed E-state index contributed by atoms with van der Waals surface area (Å²) in [7, 11) is 0. The van der Waals surface area contributed by atoms with Crippen LogP contribution in [0, 0.1) is 17.4 Å². The van der Waals surface area contributed by atoms with Gasteiger partial charge in [-0.05, 0) is 73.5 Å². The van der Waals surface area contributed by atoms with E-state index < -0.39 is 0 Å². The number of nitrogens with zero attached hydrogens (tertiary/aromatic N) is 3. The summed E-state index contributed by atoms with van der Waals surface area (Å²) in [6.07, 6.45) is 2.30. The summed E-state index contributed by atoms with van der Waals surface area (Å²) in [5, 5.41) is 0. The first-order valence-corrected chi connectivity index (χ1v) is 8.51. The van der Waals surface area contributed by atoms with E-state index in [1.807, 2.05) is 19.9 Å². The minimum Gasteiger partial charge on any atom is -0.310 e. The molecule has 1 aromatic heterocycles. The summed E-state index contributed by atoms with van der Waals surface area (Å²) < 4.78 is 1.25. The van der Waals surface area contributed by atoms with Crippen molar-refractivity contribution in [2.45, 2.75) is 40.5 Å². The van der Waals surface area contributed by atoms with E-state index in [9.17, 15) is 0 Å². The van der Waals surface area contributed by atoms with E-state index in [1.54, 1.807) is 0 Å². The van der Waals surface area contributed by atoms with Crippen molar-refractivity contribution in [2.24, 2.45) is 0 Å². The Morgan fingerprint density at radius 1 is 1.05 bits per heavy atom. The molecule has 0 spiro atoms. The molecule has 0 aliphatic carbocycles. The fraction of sp³-hybridized carbons (Fsp3) is 0.412. The van der Waals surface area contributed by atoms with Crippen LogP contribution in [0.3, 0.4) is 0 Å². The lowest BCUT2D eigenvalue weighted by molar-refractivity contribution is 0.906. The molecule has 0 N–H and O–H groups in total. The van der Waals surface area contributed by atoms with Crippen molar-refractivity contribution in [1.82, 2.24) is 9.97 Å². The van der Waals surface area contributed by atoms with E-state index in [4.69, 9.17) is 0 Å². The van der Waals surface area contributed by atoms with Gasteiger partial charge in [0.2, 0.25) is 5.95 Å². The Hall–Kier alpha value is -1.17. The molecule has 0 atom stereocenters. The molecule has 1 aromatic carbocycles. The van der Waals surface area contributed by atoms with Gasteiger partial charge in [0.1, 0.15) is 0 Å². The van der Waals surface area contributed by atoms with Gasteiger partial charge in [0, 0.05) is 21.5 Å². The molecule has 0 radical (unpaired) electrons. The van der Waals surface area contributed by atoms with Crippen LogP contribution in [0.2, 0.25) is 0 Å². The molecule has 0 bridgehead atoms. The van der Waals surface area contributed by atoms with Crippen LogP contribution in [-0.2, 0) is 6.42 Å². The average Bonchev–Trinajstić information content (AvgIpc) is 2.41. The highest BCUT2D eigenvalue weighted by Gasteiger charge is 2.14. The van der Waals surface area contributed by atoms with Gasteiger partial charge in [0.25, 0.3) is 0 Å². The summed E-state index contributed by atoms with van der Waals surface area (Å²) in [6, 6.07) is 8.68. The molecule has 4 heteroatoms. The predicted molar refractivity (Wildman–Crippen MR) is 97.3 cm³/mol. The van der Waals surface area contributed by atoms with Crippen LogP contribution in [0.4, 0.5) is 11.6 Å². The van der Waals surface area contributed by atoms with Crippen molar-refractivity contribution in [3.63, 3.8) is 0 Å². The highest BCUT2D eigenvalue weighted by Crippen LogP contribution is 2.29. The Morgan fingerprint density at radius 3 is 2.24 bits per heavy atom. The van der Waals surface area contributed by atoms with E-state index in [0.29, 0.717) is 0 Å². The molecule has 0 saturated heterocycles. The van der Waals surface area contributed by atoms with E-state index in [1.165, 1.54) is 21.2 Å². The number of hydrogen-bond donors (Lipinski definition) is 0. The Balaban J connectivity index is 2.41. The van der Waals surface area contributed by atoms with Gasteiger partial charge in [0.15, 0.2) is 0 Å². The number of rotatable bonds is 5. The summed E-state index contributed by atoms with van der Waals surface area (Å²) in [6.45, 7) is 9.23. The zero-order valence-corrected chi connectivity index (χ0v) is 15.3. The molecule has 0 unspecified atom stereocenters. The number of benzene rings is 1. The van der Waals surface area contributed by atoms with Gasteiger partial charge in [-0.25, -0.2) is 9.97 Å². The summed E-state index contributed by atoms with van der Waals surface area (Å²) in [5.74, 6) is 0.788. The Bertz CT molecular complexity index is 605. The second-order valence-electron chi connectivity index (χ2n) is 5.23. The Labute approximate surface area is 141 Å².